The first-order chi connectivity index (χ1) is 17.6. The maximum absolute atomic E-state index is 13.6. The zero-order valence-corrected chi connectivity index (χ0v) is 21.7. The largest absolute Gasteiger partial charge is 0.497 e. The number of nitrogens with one attached hydrogen (secondary N) is 1. The molecule has 1 amide bonds. The molecule has 0 atom stereocenters. The number of aromatic nitrogens is 2. The second-order valence-corrected chi connectivity index (χ2v) is 10.5. The first-order valence-electron chi connectivity index (χ1n) is 11.9. The molecule has 2 aromatic carbocycles. The van der Waals surface area contributed by atoms with Crippen molar-refractivity contribution < 1.29 is 14.3 Å². The number of hydrogen-bond donors (Lipinski definition) is 1. The molecule has 10 heteroatoms. The highest BCUT2D eigenvalue weighted by Gasteiger charge is 2.18. The van der Waals surface area contributed by atoms with Crippen LogP contribution in [-0.4, -0.2) is 66.1 Å². The molecular formula is C26H28N4O4S2. The second kappa shape index (κ2) is 11.4. The van der Waals surface area contributed by atoms with Crippen molar-refractivity contribution in [3.63, 3.8) is 0 Å². The molecule has 3 heterocycles. The van der Waals surface area contributed by atoms with E-state index >= 15 is 0 Å². The van der Waals surface area contributed by atoms with E-state index < -0.39 is 0 Å². The molecule has 8 nitrogen and oxygen atoms in total. The summed E-state index contributed by atoms with van der Waals surface area (Å²) in [6.07, 6.45) is 0.823. The van der Waals surface area contributed by atoms with Gasteiger partial charge in [0, 0.05) is 42.0 Å². The van der Waals surface area contributed by atoms with Gasteiger partial charge in [-0.15, -0.1) is 11.3 Å². The molecule has 0 saturated carbocycles. The third-order valence-corrected chi connectivity index (χ3v) is 8.24. The standard InChI is InChI=1S/C26H28N4O4S2/c1-33-19-9-7-18(8-10-19)27-22(31)17-35-26-28-23-20-5-2-3-6-21(20)36-24(23)25(32)30(26)12-4-11-29-13-15-34-16-14-29/h2-3,5-10H,4,11-17H2,1H3,(H,27,31). The third kappa shape index (κ3) is 5.57. The number of methoxy groups -OCH3 is 1. The molecule has 0 spiro atoms. The van der Waals surface area contributed by atoms with E-state index in [9.17, 15) is 9.59 Å². The predicted molar refractivity (Wildman–Crippen MR) is 146 cm³/mol. The average Bonchev–Trinajstić information content (AvgIpc) is 3.29. The fourth-order valence-corrected chi connectivity index (χ4v) is 6.15. The molecule has 1 aliphatic heterocycles. The molecule has 1 aliphatic rings. The Morgan fingerprint density at radius 3 is 2.69 bits per heavy atom. The molecule has 188 valence electrons. The second-order valence-electron chi connectivity index (χ2n) is 8.50. The number of anilines is 1. The average molecular weight is 525 g/mol. The highest BCUT2D eigenvalue weighted by atomic mass is 32.2. The minimum Gasteiger partial charge on any atom is -0.497 e. The molecule has 36 heavy (non-hydrogen) atoms. The van der Waals surface area contributed by atoms with Crippen molar-refractivity contribution in [3.05, 3.63) is 58.9 Å². The summed E-state index contributed by atoms with van der Waals surface area (Å²) >= 11 is 2.78. The summed E-state index contributed by atoms with van der Waals surface area (Å²) in [5.74, 6) is 0.716. The Hall–Kier alpha value is -2.92. The van der Waals surface area contributed by atoms with E-state index in [0.29, 0.717) is 27.6 Å². The number of carbonyl (C=O) groups is 1. The zero-order chi connectivity index (χ0) is 24.9. The topological polar surface area (TPSA) is 85.7 Å². The minimum absolute atomic E-state index is 0.0405. The molecule has 0 aliphatic carbocycles. The highest BCUT2D eigenvalue weighted by Crippen LogP contribution is 2.32. The van der Waals surface area contributed by atoms with E-state index in [2.05, 4.69) is 10.2 Å². The molecule has 5 rings (SSSR count). The molecule has 1 N–H and O–H groups in total. The number of ether oxygens (including phenoxy) is 2. The van der Waals surface area contributed by atoms with E-state index in [4.69, 9.17) is 14.5 Å². The normalized spacial score (nSPS) is 14.4. The van der Waals surface area contributed by atoms with Crippen LogP contribution in [0.25, 0.3) is 20.3 Å². The van der Waals surface area contributed by atoms with Gasteiger partial charge in [0.05, 0.1) is 31.6 Å². The van der Waals surface area contributed by atoms with Crippen molar-refractivity contribution in [1.82, 2.24) is 14.5 Å². The van der Waals surface area contributed by atoms with Crippen LogP contribution in [0.2, 0.25) is 0 Å². The fourth-order valence-electron chi connectivity index (χ4n) is 4.24. The number of fused-ring (bicyclic) bond motifs is 3. The van der Waals surface area contributed by atoms with E-state index in [0.717, 1.165) is 55.1 Å². The first-order valence-corrected chi connectivity index (χ1v) is 13.7. The van der Waals surface area contributed by atoms with Gasteiger partial charge < -0.3 is 14.8 Å². The minimum atomic E-state index is -0.158. The zero-order valence-electron chi connectivity index (χ0n) is 20.1. The molecule has 0 bridgehead atoms. The van der Waals surface area contributed by atoms with Gasteiger partial charge in [-0.2, -0.15) is 0 Å². The number of rotatable bonds is 9. The lowest BCUT2D eigenvalue weighted by Gasteiger charge is -2.26. The van der Waals surface area contributed by atoms with E-state index in [1.165, 1.54) is 23.1 Å². The quantitative estimate of drug-likeness (QED) is 0.261. The lowest BCUT2D eigenvalue weighted by Crippen LogP contribution is -2.37. The summed E-state index contributed by atoms with van der Waals surface area (Å²) in [6, 6.07) is 15.1. The summed E-state index contributed by atoms with van der Waals surface area (Å²) in [7, 11) is 1.60. The van der Waals surface area contributed by atoms with Crippen LogP contribution >= 0.6 is 23.1 Å². The number of thiophene rings is 1. The number of carbonyl (C=O) groups excluding carboxylic acids is 1. The van der Waals surface area contributed by atoms with Crippen LogP contribution in [-0.2, 0) is 16.1 Å². The number of benzene rings is 2. The van der Waals surface area contributed by atoms with Gasteiger partial charge in [0.2, 0.25) is 5.91 Å². The summed E-state index contributed by atoms with van der Waals surface area (Å²) in [6.45, 7) is 4.77. The highest BCUT2D eigenvalue weighted by molar-refractivity contribution is 7.99. The number of nitrogens with zero attached hydrogens (tertiary/aromatic N) is 3. The molecule has 1 fully saturated rings. The monoisotopic (exact) mass is 524 g/mol. The molecule has 0 unspecified atom stereocenters. The predicted octanol–water partition coefficient (Wildman–Crippen LogP) is 4.07. The van der Waals surface area contributed by atoms with E-state index in [1.54, 1.807) is 35.9 Å². The summed E-state index contributed by atoms with van der Waals surface area (Å²) in [5, 5.41) is 4.44. The molecule has 4 aromatic rings. The van der Waals surface area contributed by atoms with Crippen LogP contribution in [0.1, 0.15) is 6.42 Å². The van der Waals surface area contributed by atoms with Gasteiger partial charge in [-0.1, -0.05) is 30.0 Å². The number of morpholine rings is 1. The Balaban J connectivity index is 1.36. The number of thioether (sulfide) groups is 1. The van der Waals surface area contributed by atoms with Gasteiger partial charge in [0.25, 0.3) is 5.56 Å². The Morgan fingerprint density at radius 1 is 1.14 bits per heavy atom. The summed E-state index contributed by atoms with van der Waals surface area (Å²) < 4.78 is 14.0. The first kappa shape index (κ1) is 24.8. The van der Waals surface area contributed by atoms with Crippen LogP contribution < -0.4 is 15.6 Å². The smallest absolute Gasteiger partial charge is 0.272 e. The molecule has 0 radical (unpaired) electrons. The molecule has 1 saturated heterocycles. The van der Waals surface area contributed by atoms with Crippen molar-refractivity contribution >= 4 is 55.0 Å². The van der Waals surface area contributed by atoms with Gasteiger partial charge >= 0.3 is 0 Å². The van der Waals surface area contributed by atoms with Crippen molar-refractivity contribution in [2.45, 2.75) is 18.1 Å². The Kier molecular flexibility index (Phi) is 7.86. The summed E-state index contributed by atoms with van der Waals surface area (Å²) in [4.78, 5) is 33.5. The molecular weight excluding hydrogens is 496 g/mol. The van der Waals surface area contributed by atoms with Crippen LogP contribution in [0.3, 0.4) is 0 Å². The number of hydrogen-bond acceptors (Lipinski definition) is 8. The lowest BCUT2D eigenvalue weighted by molar-refractivity contribution is -0.113. The number of amides is 1. The van der Waals surface area contributed by atoms with Crippen LogP contribution in [0.15, 0.2) is 58.5 Å². The Labute approximate surface area is 217 Å². The van der Waals surface area contributed by atoms with Crippen molar-refractivity contribution in [2.24, 2.45) is 0 Å². The van der Waals surface area contributed by atoms with E-state index in [1.807, 2.05) is 24.3 Å². The van der Waals surface area contributed by atoms with Gasteiger partial charge in [0.1, 0.15) is 10.4 Å². The van der Waals surface area contributed by atoms with E-state index in [-0.39, 0.29) is 17.2 Å². The van der Waals surface area contributed by atoms with Crippen molar-refractivity contribution in [2.75, 3.05) is 51.0 Å². The Bertz CT molecular complexity index is 1410. The van der Waals surface area contributed by atoms with Gasteiger partial charge in [-0.3, -0.25) is 19.1 Å². The van der Waals surface area contributed by atoms with Gasteiger partial charge in [0.15, 0.2) is 5.16 Å². The van der Waals surface area contributed by atoms with Crippen LogP contribution in [0, 0.1) is 0 Å². The van der Waals surface area contributed by atoms with Crippen LogP contribution in [0.4, 0.5) is 5.69 Å². The van der Waals surface area contributed by atoms with Gasteiger partial charge in [-0.25, -0.2) is 4.98 Å². The molecule has 2 aromatic heterocycles. The maximum Gasteiger partial charge on any atom is 0.272 e. The third-order valence-electron chi connectivity index (χ3n) is 6.11. The fraction of sp³-hybridized carbons (Fsp3) is 0.346. The van der Waals surface area contributed by atoms with Crippen molar-refractivity contribution in [3.8, 4) is 5.75 Å². The lowest BCUT2D eigenvalue weighted by atomic mass is 10.2. The van der Waals surface area contributed by atoms with Crippen molar-refractivity contribution in [1.29, 1.82) is 0 Å². The van der Waals surface area contributed by atoms with Crippen LogP contribution in [0.5, 0.6) is 5.75 Å². The van der Waals surface area contributed by atoms with Gasteiger partial charge in [-0.05, 0) is 36.8 Å². The Morgan fingerprint density at radius 2 is 1.92 bits per heavy atom. The SMILES string of the molecule is COc1ccc(NC(=O)CSc2nc3c(sc4ccccc43)c(=O)n2CCCN2CCOCC2)cc1. The maximum atomic E-state index is 13.6. The summed E-state index contributed by atoms with van der Waals surface area (Å²) in [5.41, 5.74) is 1.36.